The van der Waals surface area contributed by atoms with Crippen LogP contribution in [-0.4, -0.2) is 62.8 Å². The SMILES string of the molecule is CN=C(NCC1(C)COC1)NCC(C)(C)N1CCCCC1. The van der Waals surface area contributed by atoms with Gasteiger partial charge in [-0.05, 0) is 39.8 Å². The molecule has 0 atom stereocenters. The summed E-state index contributed by atoms with van der Waals surface area (Å²) in [5.41, 5.74) is 0.432. The molecule has 0 aromatic rings. The predicted molar refractivity (Wildman–Crippen MR) is 87.8 cm³/mol. The van der Waals surface area contributed by atoms with E-state index in [1.54, 1.807) is 0 Å². The minimum Gasteiger partial charge on any atom is -0.380 e. The van der Waals surface area contributed by atoms with Crippen molar-refractivity contribution >= 4 is 5.96 Å². The van der Waals surface area contributed by atoms with Crippen LogP contribution in [0.1, 0.15) is 40.0 Å². The van der Waals surface area contributed by atoms with Crippen LogP contribution in [-0.2, 0) is 4.74 Å². The van der Waals surface area contributed by atoms with Crippen molar-refractivity contribution in [1.29, 1.82) is 0 Å². The molecule has 2 N–H and O–H groups in total. The first kappa shape index (κ1) is 16.6. The fourth-order valence-electron chi connectivity index (χ4n) is 2.98. The molecule has 0 spiro atoms. The molecular weight excluding hydrogens is 264 g/mol. The number of hydrogen-bond acceptors (Lipinski definition) is 3. The summed E-state index contributed by atoms with van der Waals surface area (Å²) >= 11 is 0. The Kier molecular flexibility index (Phi) is 5.49. The van der Waals surface area contributed by atoms with E-state index in [0.717, 1.165) is 32.3 Å². The molecular formula is C16H32N4O. The summed E-state index contributed by atoms with van der Waals surface area (Å²) in [6, 6.07) is 0. The molecule has 0 aromatic heterocycles. The van der Waals surface area contributed by atoms with Gasteiger partial charge in [-0.2, -0.15) is 0 Å². The molecule has 5 heteroatoms. The second kappa shape index (κ2) is 6.97. The minimum atomic E-state index is 0.168. The Labute approximate surface area is 129 Å². The molecule has 2 heterocycles. The summed E-state index contributed by atoms with van der Waals surface area (Å²) in [5.74, 6) is 0.896. The second-order valence-electron chi connectivity index (χ2n) is 7.44. The van der Waals surface area contributed by atoms with Gasteiger partial charge in [0.1, 0.15) is 0 Å². The highest BCUT2D eigenvalue weighted by Crippen LogP contribution is 2.25. The second-order valence-corrected chi connectivity index (χ2v) is 7.44. The molecule has 2 rings (SSSR count). The predicted octanol–water partition coefficient (Wildman–Crippen LogP) is 1.45. The van der Waals surface area contributed by atoms with E-state index >= 15 is 0 Å². The van der Waals surface area contributed by atoms with Gasteiger partial charge >= 0.3 is 0 Å². The van der Waals surface area contributed by atoms with Crippen LogP contribution >= 0.6 is 0 Å². The molecule has 122 valence electrons. The summed E-state index contributed by atoms with van der Waals surface area (Å²) in [6.45, 7) is 12.8. The summed E-state index contributed by atoms with van der Waals surface area (Å²) in [6.07, 6.45) is 4.04. The normalized spacial score (nSPS) is 23.5. The number of guanidine groups is 1. The van der Waals surface area contributed by atoms with E-state index in [0.29, 0.717) is 0 Å². The molecule has 2 aliphatic heterocycles. The lowest BCUT2D eigenvalue weighted by Crippen LogP contribution is -2.56. The van der Waals surface area contributed by atoms with Gasteiger partial charge in [0.05, 0.1) is 13.2 Å². The van der Waals surface area contributed by atoms with E-state index < -0.39 is 0 Å². The lowest BCUT2D eigenvalue weighted by atomic mass is 9.89. The summed E-state index contributed by atoms with van der Waals surface area (Å²) in [7, 11) is 1.84. The first-order chi connectivity index (χ1) is 9.95. The Morgan fingerprint density at radius 1 is 1.19 bits per heavy atom. The highest BCUT2D eigenvalue weighted by molar-refractivity contribution is 5.79. The van der Waals surface area contributed by atoms with Gasteiger partial charge in [0, 0.05) is 31.1 Å². The Morgan fingerprint density at radius 2 is 1.86 bits per heavy atom. The van der Waals surface area contributed by atoms with Crippen LogP contribution < -0.4 is 10.6 Å². The van der Waals surface area contributed by atoms with Crippen molar-refractivity contribution in [2.45, 2.75) is 45.6 Å². The summed E-state index contributed by atoms with van der Waals surface area (Å²) < 4.78 is 5.29. The Morgan fingerprint density at radius 3 is 2.38 bits per heavy atom. The van der Waals surface area contributed by atoms with Crippen LogP contribution in [0.5, 0.6) is 0 Å². The Bertz CT molecular complexity index is 357. The van der Waals surface area contributed by atoms with Crippen molar-refractivity contribution in [3.05, 3.63) is 0 Å². The maximum atomic E-state index is 5.29. The molecule has 2 fully saturated rings. The molecule has 0 aliphatic carbocycles. The van der Waals surface area contributed by atoms with Crippen LogP contribution in [0, 0.1) is 5.41 Å². The molecule has 0 bridgehead atoms. The van der Waals surface area contributed by atoms with E-state index in [9.17, 15) is 0 Å². The van der Waals surface area contributed by atoms with Gasteiger partial charge in [-0.15, -0.1) is 0 Å². The van der Waals surface area contributed by atoms with E-state index in [1.165, 1.54) is 32.4 Å². The molecule has 2 saturated heterocycles. The van der Waals surface area contributed by atoms with Crippen LogP contribution in [0.15, 0.2) is 4.99 Å². The number of piperidine rings is 1. The molecule has 0 saturated carbocycles. The van der Waals surface area contributed by atoms with E-state index in [1.807, 2.05) is 7.05 Å². The van der Waals surface area contributed by atoms with Crippen LogP contribution in [0.4, 0.5) is 0 Å². The van der Waals surface area contributed by atoms with E-state index in [4.69, 9.17) is 4.74 Å². The lowest BCUT2D eigenvalue weighted by Gasteiger charge is -2.41. The van der Waals surface area contributed by atoms with Gasteiger partial charge in [0.25, 0.3) is 0 Å². The molecule has 5 nitrogen and oxygen atoms in total. The summed E-state index contributed by atoms with van der Waals surface area (Å²) in [4.78, 5) is 6.93. The first-order valence-electron chi connectivity index (χ1n) is 8.23. The molecule has 0 aromatic carbocycles. The number of rotatable bonds is 5. The molecule has 21 heavy (non-hydrogen) atoms. The van der Waals surface area contributed by atoms with Gasteiger partial charge in [0.2, 0.25) is 0 Å². The zero-order valence-corrected chi connectivity index (χ0v) is 14.2. The third kappa shape index (κ3) is 4.58. The Hall–Kier alpha value is -0.810. The van der Waals surface area contributed by atoms with E-state index in [-0.39, 0.29) is 11.0 Å². The number of nitrogens with one attached hydrogen (secondary N) is 2. The third-order valence-corrected chi connectivity index (χ3v) is 4.71. The highest BCUT2D eigenvalue weighted by Gasteiger charge is 2.33. The zero-order valence-electron chi connectivity index (χ0n) is 14.2. The number of nitrogens with zero attached hydrogens (tertiary/aromatic N) is 2. The number of hydrogen-bond donors (Lipinski definition) is 2. The fourth-order valence-corrected chi connectivity index (χ4v) is 2.98. The fraction of sp³-hybridized carbons (Fsp3) is 0.938. The molecule has 2 aliphatic rings. The minimum absolute atomic E-state index is 0.168. The largest absolute Gasteiger partial charge is 0.380 e. The quantitative estimate of drug-likeness (QED) is 0.595. The van der Waals surface area contributed by atoms with Gasteiger partial charge in [0.15, 0.2) is 5.96 Å². The van der Waals surface area contributed by atoms with Crippen LogP contribution in [0.2, 0.25) is 0 Å². The Balaban J connectivity index is 1.76. The van der Waals surface area contributed by atoms with E-state index in [2.05, 4.69) is 41.3 Å². The van der Waals surface area contributed by atoms with Gasteiger partial charge in [-0.3, -0.25) is 9.89 Å². The number of likely N-dealkylation sites (tertiary alicyclic amines) is 1. The average Bonchev–Trinajstić information content (AvgIpc) is 2.46. The molecule has 0 radical (unpaired) electrons. The standard InChI is InChI=1S/C16H32N4O/c1-15(2,20-8-6-5-7-9-20)10-18-14(17-4)19-11-16(3)12-21-13-16/h5-13H2,1-4H3,(H2,17,18,19). The van der Waals surface area contributed by atoms with Crippen molar-refractivity contribution < 1.29 is 4.74 Å². The van der Waals surface area contributed by atoms with Crippen molar-refractivity contribution in [1.82, 2.24) is 15.5 Å². The van der Waals surface area contributed by atoms with Gasteiger partial charge in [-0.25, -0.2) is 0 Å². The smallest absolute Gasteiger partial charge is 0.191 e. The molecule has 0 unspecified atom stereocenters. The van der Waals surface area contributed by atoms with Crippen molar-refractivity contribution in [2.24, 2.45) is 10.4 Å². The lowest BCUT2D eigenvalue weighted by molar-refractivity contribution is -0.0971. The van der Waals surface area contributed by atoms with Crippen LogP contribution in [0.3, 0.4) is 0 Å². The zero-order chi connectivity index (χ0) is 15.3. The van der Waals surface area contributed by atoms with Crippen molar-refractivity contribution in [2.75, 3.05) is 46.4 Å². The van der Waals surface area contributed by atoms with Crippen LogP contribution in [0.25, 0.3) is 0 Å². The maximum Gasteiger partial charge on any atom is 0.191 e. The monoisotopic (exact) mass is 296 g/mol. The number of ether oxygens (including phenoxy) is 1. The van der Waals surface area contributed by atoms with Gasteiger partial charge in [-0.1, -0.05) is 13.3 Å². The van der Waals surface area contributed by atoms with Gasteiger partial charge < -0.3 is 15.4 Å². The average molecular weight is 296 g/mol. The topological polar surface area (TPSA) is 48.9 Å². The molecule has 0 amide bonds. The highest BCUT2D eigenvalue weighted by atomic mass is 16.5. The third-order valence-electron chi connectivity index (χ3n) is 4.71. The maximum absolute atomic E-state index is 5.29. The first-order valence-corrected chi connectivity index (χ1v) is 8.23. The van der Waals surface area contributed by atoms with Crippen molar-refractivity contribution in [3.8, 4) is 0 Å². The summed E-state index contributed by atoms with van der Waals surface area (Å²) in [5, 5.41) is 6.91. The number of aliphatic imine (C=N–C) groups is 1. The van der Waals surface area contributed by atoms with Crippen molar-refractivity contribution in [3.63, 3.8) is 0 Å².